The topological polar surface area (TPSA) is 127 Å². The van der Waals surface area contributed by atoms with Gasteiger partial charge in [0.2, 0.25) is 5.78 Å². The van der Waals surface area contributed by atoms with Crippen molar-refractivity contribution in [2.45, 2.75) is 20.3 Å². The third-order valence-corrected chi connectivity index (χ3v) is 6.47. The number of hydrogen-bond donors (Lipinski definition) is 0. The van der Waals surface area contributed by atoms with Crippen molar-refractivity contribution >= 4 is 55.4 Å². The molecule has 0 heterocycles. The van der Waals surface area contributed by atoms with E-state index < -0.39 is 17.7 Å². The van der Waals surface area contributed by atoms with Crippen LogP contribution in [0.15, 0.2) is 45.0 Å². The van der Waals surface area contributed by atoms with Crippen LogP contribution in [0.25, 0.3) is 0 Å². The van der Waals surface area contributed by atoms with Crippen molar-refractivity contribution in [1.29, 1.82) is 0 Å². The van der Waals surface area contributed by atoms with Crippen molar-refractivity contribution in [3.8, 4) is 23.0 Å². The van der Waals surface area contributed by atoms with Crippen molar-refractivity contribution < 1.29 is 47.6 Å². The van der Waals surface area contributed by atoms with Crippen molar-refractivity contribution in [2.75, 3.05) is 55.7 Å². The molecule has 0 aliphatic heterocycles. The molecule has 2 aromatic carbocycles. The van der Waals surface area contributed by atoms with Crippen molar-refractivity contribution in [3.63, 3.8) is 0 Å². The number of carbonyl (C=O) groups is 4. The number of halogens is 2. The first kappa shape index (κ1) is 36.4. The summed E-state index contributed by atoms with van der Waals surface area (Å²) in [5.74, 6) is -0.353. The Hall–Kier alpha value is -3.58. The summed E-state index contributed by atoms with van der Waals surface area (Å²) in [6.45, 7) is 3.79. The second kappa shape index (κ2) is 18.1. The number of rotatable bonds is 13. The predicted molar refractivity (Wildman–Crippen MR) is 163 cm³/mol. The number of ether oxygens (including phenoxy) is 6. The molecule has 0 saturated carbocycles. The van der Waals surface area contributed by atoms with Gasteiger partial charge >= 0.3 is 11.9 Å². The number of carbonyl (C=O) groups excluding carboxylic acids is 4. The zero-order chi connectivity index (χ0) is 32.0. The van der Waals surface area contributed by atoms with Crippen molar-refractivity contribution in [1.82, 2.24) is 4.90 Å². The Labute approximate surface area is 262 Å². The molecule has 230 valence electrons. The Bertz CT molecular complexity index is 1310. The highest BCUT2D eigenvalue weighted by molar-refractivity contribution is 9.10. The first-order valence-electron chi connectivity index (χ1n) is 12.5. The van der Waals surface area contributed by atoms with Gasteiger partial charge < -0.3 is 33.3 Å². The van der Waals surface area contributed by atoms with Crippen LogP contribution in [0.5, 0.6) is 23.0 Å². The molecular weight excluding hydrogens is 682 g/mol. The van der Waals surface area contributed by atoms with E-state index in [1.807, 2.05) is 0 Å². The summed E-state index contributed by atoms with van der Waals surface area (Å²) in [5.41, 5.74) is 0.469. The number of esters is 2. The molecule has 0 fully saturated rings. The Morgan fingerprint density at radius 3 is 1.60 bits per heavy atom. The van der Waals surface area contributed by atoms with Gasteiger partial charge in [-0.1, -0.05) is 0 Å². The van der Waals surface area contributed by atoms with Crippen molar-refractivity contribution in [2.24, 2.45) is 0 Å². The molecule has 0 aromatic heterocycles. The van der Waals surface area contributed by atoms with E-state index in [1.165, 1.54) is 34.6 Å². The fourth-order valence-electron chi connectivity index (χ4n) is 3.37. The fraction of sp³-hybridized carbons (Fsp3) is 0.379. The summed E-state index contributed by atoms with van der Waals surface area (Å²) in [6, 6.07) is 6.29. The van der Waals surface area contributed by atoms with Gasteiger partial charge in [0, 0.05) is 32.4 Å². The summed E-state index contributed by atoms with van der Waals surface area (Å²) in [6.07, 6.45) is 1.11. The second-order valence-corrected chi connectivity index (χ2v) is 10.0. The lowest BCUT2D eigenvalue weighted by molar-refractivity contribution is -0.142. The molecule has 42 heavy (non-hydrogen) atoms. The number of hydrogen-bond acceptors (Lipinski definition) is 11. The Morgan fingerprint density at radius 2 is 1.17 bits per heavy atom. The summed E-state index contributed by atoms with van der Waals surface area (Å²) >= 11 is 6.61. The molecule has 2 rings (SSSR count). The number of Topliss-reactive ketones (excluding diaryl/α,β-unsaturated/α-hetero) is 2. The molecule has 0 radical (unpaired) electrons. The maximum atomic E-state index is 12.8. The molecule has 0 unspecified atom stereocenters. The monoisotopic (exact) mass is 715 g/mol. The van der Waals surface area contributed by atoms with Gasteiger partial charge in [-0.05, 0) is 57.8 Å². The summed E-state index contributed by atoms with van der Waals surface area (Å²) < 4.78 is 31.6. The molecule has 0 saturated heterocycles. The highest BCUT2D eigenvalue weighted by Gasteiger charge is 2.26. The van der Waals surface area contributed by atoms with E-state index in [0.717, 1.165) is 0 Å². The van der Waals surface area contributed by atoms with Gasteiger partial charge in [0.25, 0.3) is 0 Å². The van der Waals surface area contributed by atoms with E-state index in [2.05, 4.69) is 31.9 Å². The summed E-state index contributed by atoms with van der Waals surface area (Å²) in [7, 11) is 9.35. The zero-order valence-corrected chi connectivity index (χ0v) is 28.0. The molecule has 0 aliphatic rings. The van der Waals surface area contributed by atoms with Gasteiger partial charge in [-0.15, -0.1) is 0 Å². The molecule has 0 atom stereocenters. The minimum atomic E-state index is -0.680. The average molecular weight is 717 g/mol. The molecule has 2 aromatic rings. The zero-order valence-electron chi connectivity index (χ0n) is 24.8. The van der Waals surface area contributed by atoms with Crippen LogP contribution in [0.3, 0.4) is 0 Å². The van der Waals surface area contributed by atoms with Crippen molar-refractivity contribution in [3.05, 3.63) is 56.1 Å². The largest absolute Gasteiger partial charge is 0.496 e. The smallest absolute Gasteiger partial charge is 0.343 e. The van der Waals surface area contributed by atoms with E-state index in [9.17, 15) is 19.2 Å². The van der Waals surface area contributed by atoms with Gasteiger partial charge in [-0.3, -0.25) is 14.4 Å². The van der Waals surface area contributed by atoms with E-state index in [-0.39, 0.29) is 36.6 Å². The van der Waals surface area contributed by atoms with E-state index in [0.29, 0.717) is 37.5 Å². The average Bonchev–Trinajstić information content (AvgIpc) is 2.95. The van der Waals surface area contributed by atoms with Crippen LogP contribution >= 0.6 is 31.9 Å². The van der Waals surface area contributed by atoms with E-state index >= 15 is 0 Å². The third kappa shape index (κ3) is 10.4. The van der Waals surface area contributed by atoms with E-state index in [1.54, 1.807) is 57.1 Å². The lowest BCUT2D eigenvalue weighted by Gasteiger charge is -2.14. The molecule has 0 bridgehead atoms. The van der Waals surface area contributed by atoms with Gasteiger partial charge in [0.15, 0.2) is 5.78 Å². The van der Waals surface area contributed by atoms with E-state index in [4.69, 9.17) is 28.4 Å². The van der Waals surface area contributed by atoms with Gasteiger partial charge in [0.05, 0.1) is 61.7 Å². The van der Waals surface area contributed by atoms with Crippen LogP contribution in [-0.2, 0) is 19.1 Å². The van der Waals surface area contributed by atoms with Crippen LogP contribution in [-0.4, -0.2) is 84.2 Å². The van der Waals surface area contributed by atoms with Crippen LogP contribution in [0, 0.1) is 0 Å². The van der Waals surface area contributed by atoms with Crippen LogP contribution < -0.4 is 18.9 Å². The molecule has 0 aliphatic carbocycles. The van der Waals surface area contributed by atoms with Gasteiger partial charge in [-0.2, -0.15) is 0 Å². The molecular formula is C29H35Br2NO10. The number of ketones is 2. The minimum absolute atomic E-state index is 0.0767. The highest BCUT2D eigenvalue weighted by Crippen LogP contribution is 2.35. The number of nitrogens with zero attached hydrogens (tertiary/aromatic N) is 1. The second-order valence-electron chi connectivity index (χ2n) is 8.34. The lowest BCUT2D eigenvalue weighted by atomic mass is 10.0. The highest BCUT2D eigenvalue weighted by atomic mass is 79.9. The Morgan fingerprint density at radius 1 is 0.714 bits per heavy atom. The predicted octanol–water partition coefficient (Wildman–Crippen LogP) is 5.26. The fourth-order valence-corrected chi connectivity index (χ4v) is 4.38. The minimum Gasteiger partial charge on any atom is -0.496 e. The number of methoxy groups -OCH3 is 4. The summed E-state index contributed by atoms with van der Waals surface area (Å²) in [4.78, 5) is 49.8. The molecule has 0 spiro atoms. The first-order valence-corrected chi connectivity index (χ1v) is 14.1. The van der Waals surface area contributed by atoms with Gasteiger partial charge in [-0.25, -0.2) is 4.79 Å². The quantitative estimate of drug-likeness (QED) is 0.0886. The standard InChI is InChI=1S/C16H20BrNO5.C13H15BrO5/c1-6-23-16(20)11(9-18(2)3)15(19)10-7-12(17)14(22-5)8-13(10)21-4;1-4-19-13(16)6-10(15)8-5-9(14)12(18-3)7-11(8)17-2/h7-9H,6H2,1-5H3;5,7H,4,6H2,1-3H3. The maximum absolute atomic E-state index is 12.8. The van der Waals surface area contributed by atoms with Crippen LogP contribution in [0.4, 0.5) is 0 Å². The lowest BCUT2D eigenvalue weighted by Crippen LogP contribution is -2.20. The van der Waals surface area contributed by atoms with Crippen LogP contribution in [0.2, 0.25) is 0 Å². The Kier molecular flexibility index (Phi) is 15.7. The molecule has 11 nitrogen and oxygen atoms in total. The maximum Gasteiger partial charge on any atom is 0.343 e. The number of benzene rings is 2. The normalized spacial score (nSPS) is 10.5. The molecule has 0 N–H and O–H groups in total. The molecule has 13 heteroatoms. The third-order valence-electron chi connectivity index (χ3n) is 5.23. The molecule has 0 amide bonds. The van der Waals surface area contributed by atoms with Crippen LogP contribution in [0.1, 0.15) is 41.0 Å². The summed E-state index contributed by atoms with van der Waals surface area (Å²) in [5, 5.41) is 0. The Balaban J connectivity index is 0.000000428. The SMILES string of the molecule is CCOC(=O)C(=CN(C)C)C(=O)c1cc(Br)c(OC)cc1OC.CCOC(=O)CC(=O)c1cc(Br)c(OC)cc1OC. The first-order chi connectivity index (χ1) is 19.9. The van der Waals surface area contributed by atoms with Gasteiger partial charge in [0.1, 0.15) is 35.0 Å².